The summed E-state index contributed by atoms with van der Waals surface area (Å²) in [6.45, 7) is 5.40. The second-order valence-electron chi connectivity index (χ2n) is 8.19. The average Bonchev–Trinajstić information content (AvgIpc) is 2.72. The highest BCUT2D eigenvalue weighted by Crippen LogP contribution is 2.25. The fourth-order valence-corrected chi connectivity index (χ4v) is 3.83. The Kier molecular flexibility index (Phi) is 7.58. The van der Waals surface area contributed by atoms with Crippen molar-refractivity contribution in [2.45, 2.75) is 32.6 Å². The van der Waals surface area contributed by atoms with Crippen LogP contribution in [0.15, 0.2) is 36.4 Å². The lowest BCUT2D eigenvalue weighted by Gasteiger charge is -2.33. The molecule has 0 aliphatic carbocycles. The van der Waals surface area contributed by atoms with E-state index < -0.39 is 0 Å². The first-order valence-electron chi connectivity index (χ1n) is 10.6. The molecule has 0 radical (unpaired) electrons. The molecule has 29 heavy (non-hydrogen) atoms. The van der Waals surface area contributed by atoms with E-state index in [9.17, 15) is 4.79 Å². The first-order valence-corrected chi connectivity index (χ1v) is 10.6. The van der Waals surface area contributed by atoms with Gasteiger partial charge >= 0.3 is 0 Å². The number of anilines is 1. The van der Waals surface area contributed by atoms with Crippen LogP contribution in [0.25, 0.3) is 0 Å². The molecule has 0 spiro atoms. The van der Waals surface area contributed by atoms with E-state index in [-0.39, 0.29) is 5.91 Å². The Morgan fingerprint density at radius 3 is 2.59 bits per heavy atom. The van der Waals surface area contributed by atoms with E-state index in [4.69, 9.17) is 0 Å². The first kappa shape index (κ1) is 21.2. The van der Waals surface area contributed by atoms with Crippen LogP contribution in [0, 0.1) is 12.8 Å². The van der Waals surface area contributed by atoms with Crippen LogP contribution in [0.5, 0.6) is 0 Å². The monoisotopic (exact) mass is 395 g/mol. The summed E-state index contributed by atoms with van der Waals surface area (Å²) < 4.78 is 0. The number of carbonyl (C=O) groups is 1. The van der Waals surface area contributed by atoms with Crippen molar-refractivity contribution in [3.63, 3.8) is 0 Å². The Morgan fingerprint density at radius 1 is 1.17 bits per heavy atom. The van der Waals surface area contributed by atoms with Gasteiger partial charge in [0, 0.05) is 25.7 Å². The molecule has 3 rings (SSSR count). The number of rotatable bonds is 8. The van der Waals surface area contributed by atoms with Crippen molar-refractivity contribution in [1.82, 2.24) is 20.2 Å². The highest BCUT2D eigenvalue weighted by molar-refractivity contribution is 5.92. The Morgan fingerprint density at radius 2 is 1.90 bits per heavy atom. The van der Waals surface area contributed by atoms with Crippen molar-refractivity contribution in [2.24, 2.45) is 5.92 Å². The molecular formula is C23H33N5O. The molecule has 2 aromatic rings. The van der Waals surface area contributed by atoms with E-state index in [0.717, 1.165) is 51.1 Å². The first-order chi connectivity index (χ1) is 14.0. The van der Waals surface area contributed by atoms with Gasteiger partial charge in [0.25, 0.3) is 5.91 Å². The predicted molar refractivity (Wildman–Crippen MR) is 117 cm³/mol. The Labute approximate surface area is 174 Å². The lowest BCUT2D eigenvalue weighted by atomic mass is 9.90. The number of piperidine rings is 1. The minimum absolute atomic E-state index is 0.116. The van der Waals surface area contributed by atoms with Gasteiger partial charge in [-0.1, -0.05) is 30.3 Å². The zero-order chi connectivity index (χ0) is 20.6. The van der Waals surface area contributed by atoms with Crippen molar-refractivity contribution in [1.29, 1.82) is 0 Å². The molecule has 6 nitrogen and oxygen atoms in total. The molecule has 0 unspecified atom stereocenters. The number of benzene rings is 1. The smallest absolute Gasteiger partial charge is 0.270 e. The molecule has 1 N–H and O–H groups in total. The second kappa shape index (κ2) is 10.3. The van der Waals surface area contributed by atoms with Gasteiger partial charge in [-0.25, -0.2) is 9.97 Å². The molecular weight excluding hydrogens is 362 g/mol. The van der Waals surface area contributed by atoms with E-state index >= 15 is 0 Å². The standard InChI is InChI=1S/C23H33N5O/c1-18-25-21(23(29)24-12-7-13-27(2)3)17-22(26-18)28-14-10-20(11-15-28)16-19-8-5-4-6-9-19/h4-6,8-9,17,20H,7,10-16H2,1-3H3,(H,24,29). The summed E-state index contributed by atoms with van der Waals surface area (Å²) in [5.74, 6) is 2.10. The number of amides is 1. The van der Waals surface area contributed by atoms with Gasteiger partial charge in [-0.2, -0.15) is 0 Å². The predicted octanol–water partition coefficient (Wildman–Crippen LogP) is 2.93. The molecule has 1 aromatic carbocycles. The van der Waals surface area contributed by atoms with Crippen molar-refractivity contribution in [3.8, 4) is 0 Å². The number of nitrogens with zero attached hydrogens (tertiary/aromatic N) is 4. The molecule has 2 heterocycles. The minimum Gasteiger partial charge on any atom is -0.356 e. The van der Waals surface area contributed by atoms with Crippen LogP contribution < -0.4 is 10.2 Å². The van der Waals surface area contributed by atoms with Crippen LogP contribution >= 0.6 is 0 Å². The van der Waals surface area contributed by atoms with Gasteiger partial charge in [-0.15, -0.1) is 0 Å². The molecule has 1 aromatic heterocycles. The summed E-state index contributed by atoms with van der Waals surface area (Å²) in [6.07, 6.45) is 4.34. The van der Waals surface area contributed by atoms with E-state index in [1.807, 2.05) is 27.1 Å². The van der Waals surface area contributed by atoms with Gasteiger partial charge in [-0.05, 0) is 64.7 Å². The maximum Gasteiger partial charge on any atom is 0.270 e. The lowest BCUT2D eigenvalue weighted by Crippen LogP contribution is -2.35. The van der Waals surface area contributed by atoms with Crippen molar-refractivity contribution in [2.75, 3.05) is 45.2 Å². The third-order valence-corrected chi connectivity index (χ3v) is 5.43. The summed E-state index contributed by atoms with van der Waals surface area (Å²) in [5.41, 5.74) is 1.88. The second-order valence-corrected chi connectivity index (χ2v) is 8.19. The third kappa shape index (κ3) is 6.53. The summed E-state index contributed by atoms with van der Waals surface area (Å²) in [6, 6.07) is 12.6. The average molecular weight is 396 g/mol. The SMILES string of the molecule is Cc1nc(C(=O)NCCCN(C)C)cc(N2CCC(Cc3ccccc3)CC2)n1. The Bertz CT molecular complexity index is 785. The number of nitrogens with one attached hydrogen (secondary N) is 1. The number of hydrogen-bond acceptors (Lipinski definition) is 5. The largest absolute Gasteiger partial charge is 0.356 e. The van der Waals surface area contributed by atoms with Gasteiger partial charge in [0.1, 0.15) is 17.3 Å². The van der Waals surface area contributed by atoms with Gasteiger partial charge in [0.2, 0.25) is 0 Å². The van der Waals surface area contributed by atoms with E-state index in [1.54, 1.807) is 0 Å². The normalized spacial score (nSPS) is 15.0. The van der Waals surface area contributed by atoms with E-state index in [1.165, 1.54) is 5.56 Å². The lowest BCUT2D eigenvalue weighted by molar-refractivity contribution is 0.0947. The molecule has 0 bridgehead atoms. The Hall–Kier alpha value is -2.47. The molecule has 1 saturated heterocycles. The molecule has 1 fully saturated rings. The van der Waals surface area contributed by atoms with Crippen molar-refractivity contribution < 1.29 is 4.79 Å². The Balaban J connectivity index is 1.55. The fraction of sp³-hybridized carbons (Fsp3) is 0.522. The van der Waals surface area contributed by atoms with Crippen LogP contribution in [0.3, 0.4) is 0 Å². The highest BCUT2D eigenvalue weighted by atomic mass is 16.1. The zero-order valence-corrected chi connectivity index (χ0v) is 17.9. The molecule has 1 amide bonds. The van der Waals surface area contributed by atoms with Crippen molar-refractivity contribution >= 4 is 11.7 Å². The molecule has 6 heteroatoms. The number of aryl methyl sites for hydroxylation is 1. The van der Waals surface area contributed by atoms with Gasteiger partial charge < -0.3 is 15.1 Å². The van der Waals surface area contributed by atoms with Crippen molar-refractivity contribution in [3.05, 3.63) is 53.5 Å². The number of aromatic nitrogens is 2. The van der Waals surface area contributed by atoms with E-state index in [0.29, 0.717) is 24.0 Å². The summed E-state index contributed by atoms with van der Waals surface area (Å²) in [7, 11) is 4.07. The van der Waals surface area contributed by atoms with Gasteiger partial charge in [0.05, 0.1) is 0 Å². The van der Waals surface area contributed by atoms with E-state index in [2.05, 4.69) is 55.4 Å². The molecule has 156 valence electrons. The number of carbonyl (C=O) groups excluding carboxylic acids is 1. The quantitative estimate of drug-likeness (QED) is 0.697. The maximum atomic E-state index is 12.5. The molecule has 0 saturated carbocycles. The van der Waals surface area contributed by atoms with Crippen LogP contribution in [0.2, 0.25) is 0 Å². The van der Waals surface area contributed by atoms with Crippen LogP contribution in [-0.4, -0.2) is 61.0 Å². The fourth-order valence-electron chi connectivity index (χ4n) is 3.83. The molecule has 0 atom stereocenters. The van der Waals surface area contributed by atoms with Gasteiger partial charge in [0.15, 0.2) is 0 Å². The third-order valence-electron chi connectivity index (χ3n) is 5.43. The summed E-state index contributed by atoms with van der Waals surface area (Å²) in [5, 5.41) is 2.97. The highest BCUT2D eigenvalue weighted by Gasteiger charge is 2.22. The minimum atomic E-state index is -0.116. The number of hydrogen-bond donors (Lipinski definition) is 1. The summed E-state index contributed by atoms with van der Waals surface area (Å²) in [4.78, 5) is 25.9. The zero-order valence-electron chi connectivity index (χ0n) is 17.9. The van der Waals surface area contributed by atoms with Crippen LogP contribution in [-0.2, 0) is 6.42 Å². The van der Waals surface area contributed by atoms with Crippen LogP contribution in [0.1, 0.15) is 41.1 Å². The van der Waals surface area contributed by atoms with Crippen LogP contribution in [0.4, 0.5) is 5.82 Å². The molecule has 1 aliphatic heterocycles. The molecule has 1 aliphatic rings. The van der Waals surface area contributed by atoms with Gasteiger partial charge in [-0.3, -0.25) is 4.79 Å². The summed E-state index contributed by atoms with van der Waals surface area (Å²) >= 11 is 0. The topological polar surface area (TPSA) is 61.4 Å². The maximum absolute atomic E-state index is 12.5.